The van der Waals surface area contributed by atoms with Crippen LogP contribution in [0.25, 0.3) is 0 Å². The Morgan fingerprint density at radius 3 is 2.38 bits per heavy atom. The van der Waals surface area contributed by atoms with E-state index in [-0.39, 0.29) is 29.3 Å². The van der Waals surface area contributed by atoms with Crippen molar-refractivity contribution in [3.63, 3.8) is 0 Å². The molecule has 0 aliphatic carbocycles. The SMILES string of the molecule is COc1cc(C(C)NC(=O)c2ccc(C(=O)O)nc2)ccc1OC(C)C. The zero-order chi connectivity index (χ0) is 19.3. The third-order valence-corrected chi connectivity index (χ3v) is 3.64. The van der Waals surface area contributed by atoms with Crippen LogP contribution in [0.5, 0.6) is 11.5 Å². The number of hydrogen-bond acceptors (Lipinski definition) is 5. The fraction of sp³-hybridized carbons (Fsp3) is 0.316. The van der Waals surface area contributed by atoms with Gasteiger partial charge < -0.3 is 19.9 Å². The predicted molar refractivity (Wildman–Crippen MR) is 95.8 cm³/mol. The van der Waals surface area contributed by atoms with Crippen LogP contribution in [0, 0.1) is 0 Å². The number of carbonyl (C=O) groups is 2. The molecule has 1 aromatic heterocycles. The summed E-state index contributed by atoms with van der Waals surface area (Å²) in [5.41, 5.74) is 1.02. The Labute approximate surface area is 152 Å². The number of benzene rings is 1. The van der Waals surface area contributed by atoms with E-state index < -0.39 is 5.97 Å². The van der Waals surface area contributed by atoms with Gasteiger partial charge in [-0.3, -0.25) is 4.79 Å². The van der Waals surface area contributed by atoms with Crippen molar-refractivity contribution in [3.05, 3.63) is 53.3 Å². The first-order valence-electron chi connectivity index (χ1n) is 8.16. The van der Waals surface area contributed by atoms with Crippen molar-refractivity contribution in [1.82, 2.24) is 10.3 Å². The first-order chi connectivity index (χ1) is 12.3. The fourth-order valence-electron chi connectivity index (χ4n) is 2.32. The normalized spacial score (nSPS) is 11.7. The maximum Gasteiger partial charge on any atom is 0.354 e. The van der Waals surface area contributed by atoms with Crippen LogP contribution >= 0.6 is 0 Å². The summed E-state index contributed by atoms with van der Waals surface area (Å²) in [7, 11) is 1.56. The number of hydrogen-bond donors (Lipinski definition) is 2. The van der Waals surface area contributed by atoms with Crippen LogP contribution in [-0.2, 0) is 0 Å². The molecular weight excluding hydrogens is 336 g/mol. The lowest BCUT2D eigenvalue weighted by atomic mass is 10.1. The maximum atomic E-state index is 12.3. The van der Waals surface area contributed by atoms with Crippen LogP contribution in [0.4, 0.5) is 0 Å². The summed E-state index contributed by atoms with van der Waals surface area (Å²) in [4.78, 5) is 26.9. The number of rotatable bonds is 7. The van der Waals surface area contributed by atoms with E-state index in [1.165, 1.54) is 18.3 Å². The van der Waals surface area contributed by atoms with E-state index in [9.17, 15) is 9.59 Å². The molecule has 26 heavy (non-hydrogen) atoms. The minimum absolute atomic E-state index is 0.0214. The summed E-state index contributed by atoms with van der Waals surface area (Å²) in [5, 5.41) is 11.7. The second kappa shape index (κ2) is 8.33. The second-order valence-electron chi connectivity index (χ2n) is 6.01. The summed E-state index contributed by atoms with van der Waals surface area (Å²) in [6.45, 7) is 5.70. The van der Waals surface area contributed by atoms with Crippen molar-refractivity contribution < 1.29 is 24.2 Å². The maximum absolute atomic E-state index is 12.3. The van der Waals surface area contributed by atoms with Crippen molar-refractivity contribution >= 4 is 11.9 Å². The lowest BCUT2D eigenvalue weighted by molar-refractivity contribution is 0.0689. The highest BCUT2D eigenvalue weighted by atomic mass is 16.5. The fourth-order valence-corrected chi connectivity index (χ4v) is 2.32. The third-order valence-electron chi connectivity index (χ3n) is 3.64. The molecule has 2 N–H and O–H groups in total. The molecule has 1 amide bonds. The van der Waals surface area contributed by atoms with Crippen LogP contribution < -0.4 is 14.8 Å². The van der Waals surface area contributed by atoms with Crippen molar-refractivity contribution in [2.45, 2.75) is 32.9 Å². The van der Waals surface area contributed by atoms with E-state index in [1.807, 2.05) is 32.9 Å². The number of methoxy groups -OCH3 is 1. The molecule has 0 aliphatic rings. The highest BCUT2D eigenvalue weighted by Crippen LogP contribution is 2.31. The molecule has 0 bridgehead atoms. The van der Waals surface area contributed by atoms with Crippen molar-refractivity contribution in [3.8, 4) is 11.5 Å². The van der Waals surface area contributed by atoms with Crippen LogP contribution in [0.1, 0.15) is 53.2 Å². The Bertz CT molecular complexity index is 787. The van der Waals surface area contributed by atoms with Gasteiger partial charge in [0.2, 0.25) is 0 Å². The molecule has 1 atom stereocenters. The minimum Gasteiger partial charge on any atom is -0.493 e. The van der Waals surface area contributed by atoms with Gasteiger partial charge >= 0.3 is 5.97 Å². The molecule has 1 aromatic carbocycles. The number of carboxylic acid groups (broad SMARTS) is 1. The number of pyridine rings is 1. The average Bonchev–Trinajstić information content (AvgIpc) is 2.61. The number of aromatic carboxylic acids is 1. The van der Waals surface area contributed by atoms with Gasteiger partial charge in [0.1, 0.15) is 5.69 Å². The number of aromatic nitrogens is 1. The molecular formula is C19H22N2O5. The summed E-state index contributed by atoms with van der Waals surface area (Å²) < 4.78 is 11.0. The molecule has 1 heterocycles. The van der Waals surface area contributed by atoms with Gasteiger partial charge in [-0.1, -0.05) is 6.07 Å². The standard InChI is InChI=1S/C19H22N2O5/c1-11(2)26-16-8-6-13(9-17(16)25-4)12(3)21-18(22)14-5-7-15(19(23)24)20-10-14/h5-12H,1-4H3,(H,21,22)(H,23,24). The van der Waals surface area contributed by atoms with Crippen LogP contribution in [-0.4, -0.2) is 35.2 Å². The topological polar surface area (TPSA) is 97.8 Å². The average molecular weight is 358 g/mol. The molecule has 2 rings (SSSR count). The van der Waals surface area contributed by atoms with E-state index in [2.05, 4.69) is 10.3 Å². The summed E-state index contributed by atoms with van der Waals surface area (Å²) >= 11 is 0. The third kappa shape index (κ3) is 4.72. The van der Waals surface area contributed by atoms with Crippen LogP contribution in [0.3, 0.4) is 0 Å². The quantitative estimate of drug-likeness (QED) is 0.789. The number of carbonyl (C=O) groups excluding carboxylic acids is 1. The van der Waals surface area contributed by atoms with Gasteiger partial charge in [0.15, 0.2) is 11.5 Å². The van der Waals surface area contributed by atoms with Gasteiger partial charge in [0.05, 0.1) is 24.8 Å². The summed E-state index contributed by atoms with van der Waals surface area (Å²) in [6.07, 6.45) is 1.26. The molecule has 0 fully saturated rings. The summed E-state index contributed by atoms with van der Waals surface area (Å²) in [5.74, 6) is -0.257. The Morgan fingerprint density at radius 2 is 1.85 bits per heavy atom. The van der Waals surface area contributed by atoms with Gasteiger partial charge in [0, 0.05) is 6.20 Å². The van der Waals surface area contributed by atoms with Gasteiger partial charge in [-0.2, -0.15) is 0 Å². The van der Waals surface area contributed by atoms with Gasteiger partial charge in [-0.05, 0) is 50.6 Å². The highest BCUT2D eigenvalue weighted by molar-refractivity contribution is 5.95. The van der Waals surface area contributed by atoms with Gasteiger partial charge in [0.25, 0.3) is 5.91 Å². The first-order valence-corrected chi connectivity index (χ1v) is 8.16. The second-order valence-corrected chi connectivity index (χ2v) is 6.01. The Balaban J connectivity index is 2.12. The smallest absolute Gasteiger partial charge is 0.354 e. The highest BCUT2D eigenvalue weighted by Gasteiger charge is 2.15. The number of nitrogens with zero attached hydrogens (tertiary/aromatic N) is 1. The molecule has 2 aromatic rings. The van der Waals surface area contributed by atoms with E-state index in [1.54, 1.807) is 13.2 Å². The van der Waals surface area contributed by atoms with E-state index in [0.717, 1.165) is 5.56 Å². The Morgan fingerprint density at radius 1 is 1.12 bits per heavy atom. The molecule has 0 spiro atoms. The van der Waals surface area contributed by atoms with Gasteiger partial charge in [-0.15, -0.1) is 0 Å². The number of carboxylic acids is 1. The molecule has 1 unspecified atom stereocenters. The largest absolute Gasteiger partial charge is 0.493 e. The minimum atomic E-state index is -1.14. The van der Waals surface area contributed by atoms with Gasteiger partial charge in [-0.25, -0.2) is 9.78 Å². The lowest BCUT2D eigenvalue weighted by Crippen LogP contribution is -2.27. The molecule has 7 heteroatoms. The molecule has 0 saturated heterocycles. The Hall–Kier alpha value is -3.09. The first kappa shape index (κ1) is 19.2. The zero-order valence-corrected chi connectivity index (χ0v) is 15.1. The van der Waals surface area contributed by atoms with E-state index >= 15 is 0 Å². The molecule has 0 aliphatic heterocycles. The summed E-state index contributed by atoms with van der Waals surface area (Å²) in [6, 6.07) is 7.91. The Kier molecular flexibility index (Phi) is 6.16. The zero-order valence-electron chi connectivity index (χ0n) is 15.1. The number of ether oxygens (including phenoxy) is 2. The number of nitrogens with one attached hydrogen (secondary N) is 1. The van der Waals surface area contributed by atoms with E-state index in [0.29, 0.717) is 11.5 Å². The van der Waals surface area contributed by atoms with Crippen molar-refractivity contribution in [1.29, 1.82) is 0 Å². The van der Waals surface area contributed by atoms with Crippen LogP contribution in [0.15, 0.2) is 36.5 Å². The molecule has 138 valence electrons. The number of amides is 1. The predicted octanol–water partition coefficient (Wildman–Crippen LogP) is 3.07. The molecule has 0 radical (unpaired) electrons. The van der Waals surface area contributed by atoms with E-state index in [4.69, 9.17) is 14.6 Å². The van der Waals surface area contributed by atoms with Crippen molar-refractivity contribution in [2.24, 2.45) is 0 Å². The monoisotopic (exact) mass is 358 g/mol. The van der Waals surface area contributed by atoms with Crippen LogP contribution in [0.2, 0.25) is 0 Å². The molecule has 0 saturated carbocycles. The lowest BCUT2D eigenvalue weighted by Gasteiger charge is -2.18. The molecule has 7 nitrogen and oxygen atoms in total. The van der Waals surface area contributed by atoms with Crippen molar-refractivity contribution in [2.75, 3.05) is 7.11 Å².